The van der Waals surface area contributed by atoms with E-state index < -0.39 is 11.6 Å². The number of nitrogens with zero attached hydrogens (tertiary/aromatic N) is 1. The fourth-order valence-electron chi connectivity index (χ4n) is 0.659. The maximum atomic E-state index is 12.9. The zero-order valence-corrected chi connectivity index (χ0v) is 8.45. The Labute approximate surface area is 86.3 Å². The van der Waals surface area contributed by atoms with Crippen LogP contribution in [0.5, 0.6) is 0 Å². The van der Waals surface area contributed by atoms with Gasteiger partial charge in [0.05, 0.1) is 15.2 Å². The average molecular weight is 299 g/mol. The van der Waals surface area contributed by atoms with E-state index in [1.165, 1.54) is 0 Å². The zero-order chi connectivity index (χ0) is 9.30. The van der Waals surface area contributed by atoms with E-state index >= 15 is 0 Å². The molecular formula is C7HClF2IN. The molecule has 0 aliphatic carbocycles. The van der Waals surface area contributed by atoms with Gasteiger partial charge in [-0.05, 0) is 6.07 Å². The lowest BCUT2D eigenvalue weighted by Crippen LogP contribution is -1.87. The van der Waals surface area contributed by atoms with Crippen molar-refractivity contribution >= 4 is 39.9 Å². The van der Waals surface area contributed by atoms with Crippen LogP contribution < -0.4 is 0 Å². The van der Waals surface area contributed by atoms with E-state index in [9.17, 15) is 8.78 Å². The lowest BCUT2D eigenvalue weighted by molar-refractivity contribution is 0.599. The molecule has 0 saturated carbocycles. The molecule has 0 spiro atoms. The molecule has 0 aliphatic heterocycles. The summed E-state index contributed by atoms with van der Waals surface area (Å²) >= 11 is 6.87. The van der Waals surface area contributed by atoms with Crippen molar-refractivity contribution in [2.75, 3.05) is 0 Å². The average Bonchev–Trinajstić information content (AvgIpc) is 2.01. The third-order valence-electron chi connectivity index (χ3n) is 1.20. The fraction of sp³-hybridized carbons (Fsp3) is 0. The highest BCUT2D eigenvalue weighted by Gasteiger charge is 2.15. The van der Waals surface area contributed by atoms with Gasteiger partial charge in [0.1, 0.15) is 11.6 Å². The van der Waals surface area contributed by atoms with Gasteiger partial charge >= 0.3 is 0 Å². The van der Waals surface area contributed by atoms with Crippen LogP contribution >= 0.6 is 34.2 Å². The second kappa shape index (κ2) is 3.54. The van der Waals surface area contributed by atoms with Crippen molar-refractivity contribution in [2.45, 2.75) is 0 Å². The highest BCUT2D eigenvalue weighted by atomic mass is 127. The van der Waals surface area contributed by atoms with E-state index in [2.05, 4.69) is 4.85 Å². The number of halogens is 4. The number of hydrogen-bond donors (Lipinski definition) is 0. The van der Waals surface area contributed by atoms with Gasteiger partial charge in [-0.2, -0.15) is 0 Å². The smallest absolute Gasteiger partial charge is 0.234 e. The summed E-state index contributed by atoms with van der Waals surface area (Å²) in [5.74, 6) is -1.54. The van der Waals surface area contributed by atoms with Gasteiger partial charge in [-0.15, -0.1) is 0 Å². The van der Waals surface area contributed by atoms with Crippen LogP contribution in [0.4, 0.5) is 14.5 Å². The van der Waals surface area contributed by atoms with E-state index in [1.54, 1.807) is 22.6 Å². The van der Waals surface area contributed by atoms with E-state index in [0.29, 0.717) is 0 Å². The summed E-state index contributed by atoms with van der Waals surface area (Å²) in [6, 6.07) is 0.798. The predicted molar refractivity (Wildman–Crippen MR) is 50.3 cm³/mol. The van der Waals surface area contributed by atoms with Gasteiger partial charge in [0, 0.05) is 0 Å². The van der Waals surface area contributed by atoms with Crippen LogP contribution in [0.2, 0.25) is 5.02 Å². The van der Waals surface area contributed by atoms with Gasteiger partial charge in [-0.25, -0.2) is 13.6 Å². The molecule has 0 bridgehead atoms. The minimum Gasteiger partial charge on any atom is -0.234 e. The van der Waals surface area contributed by atoms with Crippen LogP contribution in [0.15, 0.2) is 6.07 Å². The molecule has 0 N–H and O–H groups in total. The van der Waals surface area contributed by atoms with Crippen molar-refractivity contribution in [1.29, 1.82) is 0 Å². The standard InChI is InChI=1S/C7HClF2IN/c1-12-7-4(9)2-3(8)5(10)6(7)11/h2H. The predicted octanol–water partition coefficient (Wildman–Crippen LogP) is 3.77. The third kappa shape index (κ3) is 1.52. The summed E-state index contributed by atoms with van der Waals surface area (Å²) in [6.45, 7) is 6.56. The first kappa shape index (κ1) is 9.68. The van der Waals surface area contributed by atoms with Crippen LogP contribution in [-0.2, 0) is 0 Å². The van der Waals surface area contributed by atoms with Crippen LogP contribution in [0.1, 0.15) is 0 Å². The molecule has 0 aliphatic rings. The van der Waals surface area contributed by atoms with Crippen molar-refractivity contribution in [3.05, 3.63) is 37.7 Å². The molecule has 12 heavy (non-hydrogen) atoms. The SMILES string of the molecule is [C-]#[N+]c1c(F)cc(Cl)c(F)c1I. The molecule has 1 rings (SSSR count). The molecule has 0 atom stereocenters. The zero-order valence-electron chi connectivity index (χ0n) is 5.54. The molecule has 1 aromatic carbocycles. The van der Waals surface area contributed by atoms with Crippen molar-refractivity contribution in [3.8, 4) is 0 Å². The summed E-state index contributed by atoms with van der Waals surface area (Å²) in [7, 11) is 0. The minimum atomic E-state index is -0.791. The fourth-order valence-corrected chi connectivity index (χ4v) is 1.68. The molecular weight excluding hydrogens is 298 g/mol. The first-order valence-corrected chi connectivity index (χ1v) is 4.24. The van der Waals surface area contributed by atoms with Crippen LogP contribution in [0.25, 0.3) is 4.85 Å². The van der Waals surface area contributed by atoms with Gasteiger partial charge in [0.25, 0.3) is 0 Å². The van der Waals surface area contributed by atoms with Crippen LogP contribution in [0.3, 0.4) is 0 Å². The number of rotatable bonds is 0. The van der Waals surface area contributed by atoms with Crippen molar-refractivity contribution in [1.82, 2.24) is 0 Å². The molecule has 0 saturated heterocycles. The van der Waals surface area contributed by atoms with Gasteiger partial charge < -0.3 is 0 Å². The Morgan fingerprint density at radius 3 is 2.58 bits per heavy atom. The molecule has 0 fully saturated rings. The Bertz CT molecular complexity index is 373. The minimum absolute atomic E-state index is 0.0763. The molecule has 0 radical (unpaired) electrons. The first-order chi connectivity index (χ1) is 5.57. The van der Waals surface area contributed by atoms with Crippen LogP contribution in [0, 0.1) is 21.8 Å². The topological polar surface area (TPSA) is 4.36 Å². The van der Waals surface area contributed by atoms with E-state index in [4.69, 9.17) is 18.2 Å². The van der Waals surface area contributed by atoms with Gasteiger partial charge in [-0.3, -0.25) is 0 Å². The Balaban J connectivity index is 3.54. The molecule has 1 nitrogen and oxygen atoms in total. The monoisotopic (exact) mass is 299 g/mol. The number of benzene rings is 1. The lowest BCUT2D eigenvalue weighted by atomic mass is 10.3. The van der Waals surface area contributed by atoms with Crippen LogP contribution in [-0.4, -0.2) is 0 Å². The normalized spacial score (nSPS) is 9.58. The van der Waals surface area contributed by atoms with E-state index in [-0.39, 0.29) is 14.3 Å². The van der Waals surface area contributed by atoms with E-state index in [0.717, 1.165) is 6.07 Å². The first-order valence-electron chi connectivity index (χ1n) is 2.78. The summed E-state index contributed by atoms with van der Waals surface area (Å²) in [6.07, 6.45) is 0. The van der Waals surface area contributed by atoms with Crippen molar-refractivity contribution < 1.29 is 8.78 Å². The highest BCUT2D eigenvalue weighted by molar-refractivity contribution is 14.1. The largest absolute Gasteiger partial charge is 0.238 e. The Morgan fingerprint density at radius 1 is 1.50 bits per heavy atom. The molecule has 62 valence electrons. The van der Waals surface area contributed by atoms with E-state index in [1.807, 2.05) is 0 Å². The Hall–Kier alpha value is -0.410. The van der Waals surface area contributed by atoms with Crippen molar-refractivity contribution in [2.24, 2.45) is 0 Å². The van der Waals surface area contributed by atoms with Crippen molar-refractivity contribution in [3.63, 3.8) is 0 Å². The third-order valence-corrected chi connectivity index (χ3v) is 2.46. The summed E-state index contributed by atoms with van der Waals surface area (Å²) < 4.78 is 25.7. The quantitative estimate of drug-likeness (QED) is 0.297. The number of hydrogen-bond acceptors (Lipinski definition) is 0. The maximum Gasteiger partial charge on any atom is 0.238 e. The second-order valence-electron chi connectivity index (χ2n) is 1.93. The molecule has 5 heteroatoms. The summed E-state index contributed by atoms with van der Waals surface area (Å²) in [5, 5.41) is -0.302. The Kier molecular flexibility index (Phi) is 2.85. The molecule has 0 aromatic heterocycles. The molecule has 1 aromatic rings. The maximum absolute atomic E-state index is 12.9. The van der Waals surface area contributed by atoms with Gasteiger partial charge in [0.15, 0.2) is 0 Å². The summed E-state index contributed by atoms with van der Waals surface area (Å²) in [4.78, 5) is 2.84. The molecule has 0 amide bonds. The Morgan fingerprint density at radius 2 is 2.08 bits per heavy atom. The lowest BCUT2D eigenvalue weighted by Gasteiger charge is -2.00. The van der Waals surface area contributed by atoms with Gasteiger partial charge in [-0.1, -0.05) is 34.2 Å². The second-order valence-corrected chi connectivity index (χ2v) is 3.41. The highest BCUT2D eigenvalue weighted by Crippen LogP contribution is 2.31. The van der Waals surface area contributed by atoms with Gasteiger partial charge in [0.2, 0.25) is 5.69 Å². The summed E-state index contributed by atoms with van der Waals surface area (Å²) in [5.41, 5.74) is -0.322. The molecule has 0 unspecified atom stereocenters. The molecule has 0 heterocycles.